The number of rotatable bonds is 3. The summed E-state index contributed by atoms with van der Waals surface area (Å²) >= 11 is 0. The van der Waals surface area contributed by atoms with Crippen molar-refractivity contribution < 1.29 is 14.3 Å². The smallest absolute Gasteiger partial charge is 0.231 e. The zero-order valence-corrected chi connectivity index (χ0v) is 10.7. The Labute approximate surface area is 106 Å². The van der Waals surface area contributed by atoms with Crippen LogP contribution in [0.3, 0.4) is 0 Å². The Morgan fingerprint density at radius 2 is 2.00 bits per heavy atom. The lowest BCUT2D eigenvalue weighted by Gasteiger charge is -2.18. The van der Waals surface area contributed by atoms with Crippen molar-refractivity contribution in [2.75, 3.05) is 6.79 Å². The highest BCUT2D eigenvalue weighted by Crippen LogP contribution is 2.50. The zero-order valence-electron chi connectivity index (χ0n) is 10.7. The highest BCUT2D eigenvalue weighted by atomic mass is 16.7. The lowest BCUT2D eigenvalue weighted by atomic mass is 9.94. The molecule has 0 aromatic heterocycles. The third kappa shape index (κ3) is 1.72. The summed E-state index contributed by atoms with van der Waals surface area (Å²) in [5, 5.41) is 3.00. The standard InChI is InChI=1S/C14H17NO3/c1-9(2)15-13(16)14(5-6-14)10-3-4-11-12(7-10)18-8-17-11/h3-4,7,9H,5-6,8H2,1-2H3,(H,15,16). The van der Waals surface area contributed by atoms with Gasteiger partial charge in [-0.05, 0) is 44.4 Å². The lowest BCUT2D eigenvalue weighted by molar-refractivity contribution is -0.124. The molecule has 4 heteroatoms. The fourth-order valence-corrected chi connectivity index (χ4v) is 2.37. The van der Waals surface area contributed by atoms with Gasteiger partial charge in [-0.3, -0.25) is 4.79 Å². The molecule has 0 unspecified atom stereocenters. The maximum Gasteiger partial charge on any atom is 0.231 e. The van der Waals surface area contributed by atoms with Crippen molar-refractivity contribution in [1.82, 2.24) is 5.32 Å². The summed E-state index contributed by atoms with van der Waals surface area (Å²) in [6.07, 6.45) is 1.82. The summed E-state index contributed by atoms with van der Waals surface area (Å²) in [6.45, 7) is 4.23. The van der Waals surface area contributed by atoms with Gasteiger partial charge in [-0.2, -0.15) is 0 Å². The molecule has 0 atom stereocenters. The second-order valence-electron chi connectivity index (χ2n) is 5.28. The normalized spacial score (nSPS) is 18.8. The summed E-state index contributed by atoms with van der Waals surface area (Å²) in [6, 6.07) is 5.97. The first-order valence-corrected chi connectivity index (χ1v) is 6.33. The molecule has 1 aliphatic carbocycles. The molecule has 1 aromatic carbocycles. The molecule has 0 radical (unpaired) electrons. The van der Waals surface area contributed by atoms with Crippen LogP contribution in [0.5, 0.6) is 11.5 Å². The first kappa shape index (κ1) is 11.4. The Hall–Kier alpha value is -1.71. The van der Waals surface area contributed by atoms with E-state index in [2.05, 4.69) is 5.32 Å². The van der Waals surface area contributed by atoms with Gasteiger partial charge in [-0.1, -0.05) is 6.07 Å². The molecule has 1 saturated carbocycles. The minimum absolute atomic E-state index is 0.122. The van der Waals surface area contributed by atoms with Crippen molar-refractivity contribution in [2.24, 2.45) is 0 Å². The van der Waals surface area contributed by atoms with Crippen LogP contribution in [0.25, 0.3) is 0 Å². The maximum atomic E-state index is 12.3. The number of hydrogen-bond acceptors (Lipinski definition) is 3. The summed E-state index contributed by atoms with van der Waals surface area (Å²) in [5.74, 6) is 1.63. The van der Waals surface area contributed by atoms with Crippen molar-refractivity contribution in [1.29, 1.82) is 0 Å². The maximum absolute atomic E-state index is 12.3. The molecule has 1 N–H and O–H groups in total. The number of nitrogens with one attached hydrogen (secondary N) is 1. The predicted molar refractivity (Wildman–Crippen MR) is 66.8 cm³/mol. The van der Waals surface area contributed by atoms with E-state index in [4.69, 9.17) is 9.47 Å². The van der Waals surface area contributed by atoms with Crippen LogP contribution in [0.1, 0.15) is 32.3 Å². The fraction of sp³-hybridized carbons (Fsp3) is 0.500. The molecule has 1 aliphatic heterocycles. The largest absolute Gasteiger partial charge is 0.454 e. The van der Waals surface area contributed by atoms with Gasteiger partial charge in [-0.15, -0.1) is 0 Å². The van der Waals surface area contributed by atoms with E-state index in [1.54, 1.807) is 0 Å². The predicted octanol–water partition coefficient (Wildman–Crippen LogP) is 1.97. The number of benzene rings is 1. The van der Waals surface area contributed by atoms with Gasteiger partial charge < -0.3 is 14.8 Å². The molecular formula is C14H17NO3. The average molecular weight is 247 g/mol. The van der Waals surface area contributed by atoms with Crippen LogP contribution >= 0.6 is 0 Å². The van der Waals surface area contributed by atoms with E-state index in [0.29, 0.717) is 0 Å². The van der Waals surface area contributed by atoms with Crippen molar-refractivity contribution in [3.63, 3.8) is 0 Å². The third-order valence-corrected chi connectivity index (χ3v) is 3.53. The van der Waals surface area contributed by atoms with Crippen molar-refractivity contribution in [3.05, 3.63) is 23.8 Å². The van der Waals surface area contributed by atoms with Gasteiger partial charge in [-0.25, -0.2) is 0 Å². The Bertz CT molecular complexity index is 492. The second-order valence-corrected chi connectivity index (χ2v) is 5.28. The van der Waals surface area contributed by atoms with Gasteiger partial charge in [0.15, 0.2) is 11.5 Å². The first-order valence-electron chi connectivity index (χ1n) is 6.33. The Morgan fingerprint density at radius 1 is 1.28 bits per heavy atom. The van der Waals surface area contributed by atoms with E-state index >= 15 is 0 Å². The van der Waals surface area contributed by atoms with Gasteiger partial charge in [0.2, 0.25) is 12.7 Å². The molecule has 4 nitrogen and oxygen atoms in total. The fourth-order valence-electron chi connectivity index (χ4n) is 2.37. The number of fused-ring (bicyclic) bond motifs is 1. The Kier molecular flexibility index (Phi) is 2.47. The summed E-state index contributed by atoms with van der Waals surface area (Å²) in [7, 11) is 0. The second kappa shape index (κ2) is 3.90. The Morgan fingerprint density at radius 3 is 2.67 bits per heavy atom. The zero-order chi connectivity index (χ0) is 12.8. The molecular weight excluding hydrogens is 230 g/mol. The van der Waals surface area contributed by atoms with Crippen LogP contribution in [0, 0.1) is 0 Å². The number of carbonyl (C=O) groups excluding carboxylic acids is 1. The SMILES string of the molecule is CC(C)NC(=O)C1(c2ccc3c(c2)OCO3)CC1. The minimum atomic E-state index is -0.342. The van der Waals surface area contributed by atoms with E-state index in [9.17, 15) is 4.79 Å². The molecule has 3 rings (SSSR count). The van der Waals surface area contributed by atoms with Crippen LogP contribution < -0.4 is 14.8 Å². The van der Waals surface area contributed by atoms with E-state index in [0.717, 1.165) is 29.9 Å². The molecule has 1 aromatic rings. The number of amides is 1. The molecule has 1 fully saturated rings. The highest BCUT2D eigenvalue weighted by molar-refractivity contribution is 5.91. The van der Waals surface area contributed by atoms with Crippen molar-refractivity contribution >= 4 is 5.91 Å². The molecule has 0 spiro atoms. The molecule has 96 valence electrons. The van der Waals surface area contributed by atoms with Gasteiger partial charge >= 0.3 is 0 Å². The van der Waals surface area contributed by atoms with E-state index in [-0.39, 0.29) is 24.2 Å². The number of hydrogen-bond donors (Lipinski definition) is 1. The lowest BCUT2D eigenvalue weighted by Crippen LogP contribution is -2.38. The summed E-state index contributed by atoms with van der Waals surface area (Å²) in [5.41, 5.74) is 0.690. The summed E-state index contributed by atoms with van der Waals surface area (Å²) in [4.78, 5) is 12.3. The average Bonchev–Trinajstić information content (AvgIpc) is 3.00. The van der Waals surface area contributed by atoms with Crippen molar-refractivity contribution in [3.8, 4) is 11.5 Å². The van der Waals surface area contributed by atoms with E-state index in [1.807, 2.05) is 32.0 Å². The molecule has 18 heavy (non-hydrogen) atoms. The third-order valence-electron chi connectivity index (χ3n) is 3.53. The van der Waals surface area contributed by atoms with Gasteiger partial charge in [0.25, 0.3) is 0 Å². The topological polar surface area (TPSA) is 47.6 Å². The van der Waals surface area contributed by atoms with Crippen LogP contribution in [0.15, 0.2) is 18.2 Å². The van der Waals surface area contributed by atoms with Gasteiger partial charge in [0.1, 0.15) is 0 Å². The van der Waals surface area contributed by atoms with Crippen LogP contribution in [0.2, 0.25) is 0 Å². The molecule has 0 bridgehead atoms. The van der Waals surface area contributed by atoms with Gasteiger partial charge in [0, 0.05) is 6.04 Å². The van der Waals surface area contributed by atoms with Gasteiger partial charge in [0.05, 0.1) is 5.41 Å². The molecule has 1 amide bonds. The number of carbonyl (C=O) groups is 1. The van der Waals surface area contributed by atoms with Crippen LogP contribution in [-0.2, 0) is 10.2 Å². The quantitative estimate of drug-likeness (QED) is 0.888. The van der Waals surface area contributed by atoms with Crippen molar-refractivity contribution in [2.45, 2.75) is 38.1 Å². The minimum Gasteiger partial charge on any atom is -0.454 e. The number of ether oxygens (including phenoxy) is 2. The highest BCUT2D eigenvalue weighted by Gasteiger charge is 2.51. The molecule has 2 aliphatic rings. The van der Waals surface area contributed by atoms with Crippen LogP contribution in [0.4, 0.5) is 0 Å². The first-order chi connectivity index (χ1) is 8.62. The molecule has 1 heterocycles. The van der Waals surface area contributed by atoms with E-state index in [1.165, 1.54) is 0 Å². The van der Waals surface area contributed by atoms with E-state index < -0.39 is 0 Å². The Balaban J connectivity index is 1.88. The summed E-state index contributed by atoms with van der Waals surface area (Å²) < 4.78 is 10.7. The van der Waals surface area contributed by atoms with Crippen LogP contribution in [-0.4, -0.2) is 18.7 Å². The molecule has 0 saturated heterocycles. The monoisotopic (exact) mass is 247 g/mol.